The lowest BCUT2D eigenvalue weighted by Crippen LogP contribution is -2.41. The summed E-state index contributed by atoms with van der Waals surface area (Å²) in [5.41, 5.74) is 3.93. The zero-order valence-corrected chi connectivity index (χ0v) is 20.6. The quantitative estimate of drug-likeness (QED) is 0.566. The van der Waals surface area contributed by atoms with Gasteiger partial charge in [0.15, 0.2) is 0 Å². The lowest BCUT2D eigenvalue weighted by molar-refractivity contribution is 0.185. The van der Waals surface area contributed by atoms with E-state index in [0.717, 1.165) is 25.9 Å². The highest BCUT2D eigenvalue weighted by Gasteiger charge is 2.25. The minimum absolute atomic E-state index is 0.210. The number of methoxy groups -OCH3 is 1. The number of benzene rings is 2. The predicted molar refractivity (Wildman–Crippen MR) is 131 cm³/mol. The summed E-state index contributed by atoms with van der Waals surface area (Å²) in [5, 5.41) is 7.00. The maximum atomic E-state index is 7.00. The molecule has 1 heterocycles. The number of ether oxygens (including phenoxy) is 2. The Morgan fingerprint density at radius 3 is 2.32 bits per heavy atom. The molecule has 1 aliphatic rings. The van der Waals surface area contributed by atoms with E-state index < -0.39 is 0 Å². The van der Waals surface area contributed by atoms with E-state index in [9.17, 15) is 0 Å². The first-order valence-corrected chi connectivity index (χ1v) is 11.7. The fourth-order valence-electron chi connectivity index (χ4n) is 4.00. The highest BCUT2D eigenvalue weighted by atomic mass is 32.2. The Hall–Kier alpha value is -1.73. The molecule has 2 aromatic rings. The summed E-state index contributed by atoms with van der Waals surface area (Å²) in [6.07, 6.45) is 2.54. The highest BCUT2D eigenvalue weighted by Crippen LogP contribution is 2.32. The zero-order valence-electron chi connectivity index (χ0n) is 19.8. The molecule has 172 valence electrons. The molecular weight excluding hydrogens is 408 g/mol. The molecule has 2 aromatic carbocycles. The Bertz CT molecular complexity index is 775. The minimum atomic E-state index is 0.210. The van der Waals surface area contributed by atoms with Crippen molar-refractivity contribution < 1.29 is 14.6 Å². The first kappa shape index (κ1) is 25.5. The van der Waals surface area contributed by atoms with Crippen LogP contribution in [-0.4, -0.2) is 55.9 Å². The smallest absolute Gasteiger partial charge is 0.119 e. The van der Waals surface area contributed by atoms with E-state index in [1.807, 2.05) is 11.9 Å². The van der Waals surface area contributed by atoms with Crippen molar-refractivity contribution in [1.29, 1.82) is 0 Å². The molecule has 5 nitrogen and oxygen atoms in total. The van der Waals surface area contributed by atoms with Gasteiger partial charge in [-0.15, -0.1) is 0 Å². The third kappa shape index (κ3) is 7.42. The molecule has 0 radical (unpaired) electrons. The minimum Gasteiger partial charge on any atom is -0.491 e. The molecule has 6 heteroatoms. The molecule has 31 heavy (non-hydrogen) atoms. The molecule has 0 aliphatic carbocycles. The van der Waals surface area contributed by atoms with Crippen molar-refractivity contribution in [3.63, 3.8) is 0 Å². The van der Waals surface area contributed by atoms with Gasteiger partial charge in [-0.2, -0.15) is 0 Å². The van der Waals surface area contributed by atoms with Crippen LogP contribution in [0.25, 0.3) is 0 Å². The van der Waals surface area contributed by atoms with Crippen LogP contribution in [0.4, 0.5) is 5.69 Å². The van der Waals surface area contributed by atoms with E-state index in [-0.39, 0.29) is 6.10 Å². The summed E-state index contributed by atoms with van der Waals surface area (Å²) < 4.78 is 13.7. The van der Waals surface area contributed by atoms with Gasteiger partial charge in [-0.3, -0.25) is 0 Å². The molecular formula is C25H38N2O3S. The average Bonchev–Trinajstić information content (AvgIpc) is 2.77. The molecule has 0 saturated carbocycles. The SMILES string of the molecule is CO.COCc1cccc(C)c1N(C)C1CCN(Sc2ccc(OC(C)C)cc2)CC1. The van der Waals surface area contributed by atoms with Gasteiger partial charge >= 0.3 is 0 Å². The molecule has 0 aromatic heterocycles. The first-order valence-electron chi connectivity index (χ1n) is 10.9. The molecule has 0 spiro atoms. The van der Waals surface area contributed by atoms with Crippen molar-refractivity contribution in [2.45, 2.75) is 57.3 Å². The molecule has 0 unspecified atom stereocenters. The Balaban J connectivity index is 0.00000166. The third-order valence-electron chi connectivity index (χ3n) is 5.38. The number of aliphatic hydroxyl groups excluding tert-OH is 1. The van der Waals surface area contributed by atoms with E-state index in [2.05, 4.69) is 79.5 Å². The third-order valence-corrected chi connectivity index (χ3v) is 6.48. The highest BCUT2D eigenvalue weighted by molar-refractivity contribution is 7.97. The van der Waals surface area contributed by atoms with Crippen molar-refractivity contribution in [3.05, 3.63) is 53.6 Å². The van der Waals surface area contributed by atoms with Crippen LogP contribution in [0.1, 0.15) is 37.8 Å². The number of para-hydroxylation sites is 1. The lowest BCUT2D eigenvalue weighted by Gasteiger charge is -2.38. The average molecular weight is 447 g/mol. The number of hydrogen-bond acceptors (Lipinski definition) is 6. The molecule has 3 rings (SSSR count). The number of nitrogens with zero attached hydrogens (tertiary/aromatic N) is 2. The summed E-state index contributed by atoms with van der Waals surface area (Å²) in [6.45, 7) is 9.15. The fraction of sp³-hybridized carbons (Fsp3) is 0.520. The summed E-state index contributed by atoms with van der Waals surface area (Å²) in [7, 11) is 5.01. The van der Waals surface area contributed by atoms with Crippen molar-refractivity contribution in [3.8, 4) is 5.75 Å². The molecule has 0 bridgehead atoms. The molecule has 0 atom stereocenters. The summed E-state index contributed by atoms with van der Waals surface area (Å²) in [5.74, 6) is 0.940. The van der Waals surface area contributed by atoms with E-state index in [0.29, 0.717) is 12.6 Å². The van der Waals surface area contributed by atoms with Crippen LogP contribution in [0.15, 0.2) is 47.4 Å². The van der Waals surface area contributed by atoms with Gasteiger partial charge in [0.1, 0.15) is 5.75 Å². The van der Waals surface area contributed by atoms with Crippen LogP contribution >= 0.6 is 11.9 Å². The Morgan fingerprint density at radius 1 is 1.10 bits per heavy atom. The summed E-state index contributed by atoms with van der Waals surface area (Å²) in [6, 6.07) is 15.5. The Morgan fingerprint density at radius 2 is 1.74 bits per heavy atom. The van der Waals surface area contributed by atoms with Crippen molar-refractivity contribution >= 4 is 17.6 Å². The van der Waals surface area contributed by atoms with E-state index in [1.54, 1.807) is 7.11 Å². The van der Waals surface area contributed by atoms with E-state index in [1.165, 1.54) is 34.6 Å². The maximum absolute atomic E-state index is 7.00. The van der Waals surface area contributed by atoms with Gasteiger partial charge in [-0.1, -0.05) is 18.2 Å². The Kier molecular flexibility index (Phi) is 10.7. The number of hydrogen-bond donors (Lipinski definition) is 1. The molecule has 1 saturated heterocycles. The number of piperidine rings is 1. The molecule has 0 amide bonds. The second-order valence-corrected chi connectivity index (χ2v) is 9.19. The van der Waals surface area contributed by atoms with Gasteiger partial charge in [0.2, 0.25) is 0 Å². The predicted octanol–water partition coefficient (Wildman–Crippen LogP) is 5.15. The molecule has 1 fully saturated rings. The van der Waals surface area contributed by atoms with Gasteiger partial charge < -0.3 is 19.5 Å². The van der Waals surface area contributed by atoms with Crippen molar-refractivity contribution in [1.82, 2.24) is 4.31 Å². The number of aryl methyl sites for hydroxylation is 1. The van der Waals surface area contributed by atoms with Crippen LogP contribution in [0, 0.1) is 6.92 Å². The molecule has 1 N–H and O–H groups in total. The monoisotopic (exact) mass is 446 g/mol. The molecule has 1 aliphatic heterocycles. The second kappa shape index (κ2) is 13.0. The zero-order chi connectivity index (χ0) is 22.8. The lowest BCUT2D eigenvalue weighted by atomic mass is 10.0. The maximum Gasteiger partial charge on any atom is 0.119 e. The van der Waals surface area contributed by atoms with Gasteiger partial charge in [0, 0.05) is 56.5 Å². The van der Waals surface area contributed by atoms with Gasteiger partial charge in [0.25, 0.3) is 0 Å². The Labute approximate surface area is 192 Å². The first-order chi connectivity index (χ1) is 15.0. The standard InChI is InChI=1S/C24H34N2O2S.CH4O/c1-18(2)28-22-9-11-23(12-10-22)29-26-15-13-21(14-16-26)25(4)24-19(3)7-6-8-20(24)17-27-5;1-2/h6-12,18,21H,13-17H2,1-5H3;2H,1H3. The number of rotatable bonds is 8. The fourth-order valence-corrected chi connectivity index (χ4v) is 4.95. The summed E-state index contributed by atoms with van der Waals surface area (Å²) >= 11 is 1.86. The van der Waals surface area contributed by atoms with Crippen LogP contribution in [-0.2, 0) is 11.3 Å². The number of anilines is 1. The van der Waals surface area contributed by atoms with Gasteiger partial charge in [-0.25, -0.2) is 4.31 Å². The van der Waals surface area contributed by atoms with Crippen molar-refractivity contribution in [2.75, 3.05) is 39.3 Å². The second-order valence-electron chi connectivity index (χ2n) is 8.02. The van der Waals surface area contributed by atoms with Crippen LogP contribution in [0.5, 0.6) is 5.75 Å². The van der Waals surface area contributed by atoms with Crippen LogP contribution < -0.4 is 9.64 Å². The van der Waals surface area contributed by atoms with E-state index in [4.69, 9.17) is 14.6 Å². The van der Waals surface area contributed by atoms with Crippen LogP contribution in [0.3, 0.4) is 0 Å². The topological polar surface area (TPSA) is 45.2 Å². The van der Waals surface area contributed by atoms with Crippen LogP contribution in [0.2, 0.25) is 0 Å². The summed E-state index contributed by atoms with van der Waals surface area (Å²) in [4.78, 5) is 3.75. The van der Waals surface area contributed by atoms with Gasteiger partial charge in [0.05, 0.1) is 12.7 Å². The largest absolute Gasteiger partial charge is 0.491 e. The number of aliphatic hydroxyl groups is 1. The normalized spacial score (nSPS) is 14.8. The van der Waals surface area contributed by atoms with E-state index >= 15 is 0 Å². The van der Waals surface area contributed by atoms with Crippen molar-refractivity contribution in [2.24, 2.45) is 0 Å². The van der Waals surface area contributed by atoms with Gasteiger partial charge in [-0.05, 0) is 75.4 Å².